The summed E-state index contributed by atoms with van der Waals surface area (Å²) >= 11 is 0. The summed E-state index contributed by atoms with van der Waals surface area (Å²) in [5, 5.41) is 4.86. The van der Waals surface area contributed by atoms with Gasteiger partial charge >= 0.3 is 0 Å². The SMILES string of the molecule is CN1CCC(Oc2cc(OC3CCN(C)CC3)n3nc(C4CCCCC4)nc3n2)CC1. The van der Waals surface area contributed by atoms with Crippen molar-refractivity contribution in [2.75, 3.05) is 40.3 Å². The number of nitrogens with zero attached hydrogens (tertiary/aromatic N) is 6. The average molecular weight is 429 g/mol. The molecule has 3 fully saturated rings. The molecule has 2 aliphatic heterocycles. The Hall–Kier alpha value is -1.93. The number of likely N-dealkylation sites (tertiary alicyclic amines) is 2. The molecular weight excluding hydrogens is 392 g/mol. The minimum atomic E-state index is 0.195. The molecule has 0 aromatic carbocycles. The summed E-state index contributed by atoms with van der Waals surface area (Å²) in [5.41, 5.74) is 0. The fourth-order valence-electron chi connectivity index (χ4n) is 5.06. The largest absolute Gasteiger partial charge is 0.474 e. The van der Waals surface area contributed by atoms with Gasteiger partial charge in [-0.05, 0) is 52.6 Å². The zero-order valence-electron chi connectivity index (χ0n) is 19.0. The van der Waals surface area contributed by atoms with Gasteiger partial charge in [0.25, 0.3) is 5.78 Å². The van der Waals surface area contributed by atoms with Crippen LogP contribution in [0.4, 0.5) is 0 Å². The molecule has 0 amide bonds. The highest BCUT2D eigenvalue weighted by molar-refractivity contribution is 5.37. The number of hydrogen-bond acceptors (Lipinski definition) is 7. The van der Waals surface area contributed by atoms with Gasteiger partial charge in [-0.3, -0.25) is 0 Å². The van der Waals surface area contributed by atoms with Crippen molar-refractivity contribution < 1.29 is 9.47 Å². The van der Waals surface area contributed by atoms with Gasteiger partial charge in [0.1, 0.15) is 12.2 Å². The molecule has 5 rings (SSSR count). The average Bonchev–Trinajstić information content (AvgIpc) is 3.22. The smallest absolute Gasteiger partial charge is 0.259 e. The second kappa shape index (κ2) is 9.28. The molecule has 170 valence electrons. The lowest BCUT2D eigenvalue weighted by Crippen LogP contribution is -2.36. The molecule has 0 radical (unpaired) electrons. The van der Waals surface area contributed by atoms with Gasteiger partial charge in [0.2, 0.25) is 11.8 Å². The lowest BCUT2D eigenvalue weighted by molar-refractivity contribution is 0.100. The predicted molar refractivity (Wildman–Crippen MR) is 119 cm³/mol. The van der Waals surface area contributed by atoms with Gasteiger partial charge in [0, 0.05) is 32.1 Å². The Morgan fingerprint density at radius 3 is 2.03 bits per heavy atom. The Bertz CT molecular complexity index is 864. The number of aromatic nitrogens is 4. The van der Waals surface area contributed by atoms with Gasteiger partial charge in [0.15, 0.2) is 5.82 Å². The Balaban J connectivity index is 1.41. The molecule has 31 heavy (non-hydrogen) atoms. The lowest BCUT2D eigenvalue weighted by atomic mass is 9.89. The molecule has 0 N–H and O–H groups in total. The van der Waals surface area contributed by atoms with E-state index in [1.54, 1.807) is 0 Å². The molecule has 0 atom stereocenters. The number of ether oxygens (including phenoxy) is 2. The highest BCUT2D eigenvalue weighted by Gasteiger charge is 2.25. The summed E-state index contributed by atoms with van der Waals surface area (Å²) in [7, 11) is 4.33. The standard InChI is InChI=1S/C23H36N6O2/c1-27-12-8-18(9-13-27)30-20-16-21(31-19-10-14-28(2)15-11-19)29-23(24-20)25-22(26-29)17-6-4-3-5-7-17/h16-19H,3-15H2,1-2H3. The first-order valence-corrected chi connectivity index (χ1v) is 12.1. The second-order valence-electron chi connectivity index (χ2n) is 9.69. The molecule has 0 unspecified atom stereocenters. The first-order valence-electron chi connectivity index (χ1n) is 12.1. The maximum absolute atomic E-state index is 6.47. The van der Waals surface area contributed by atoms with E-state index in [0.29, 0.717) is 17.6 Å². The van der Waals surface area contributed by atoms with Gasteiger partial charge in [-0.1, -0.05) is 19.3 Å². The van der Waals surface area contributed by atoms with Gasteiger partial charge in [-0.15, -0.1) is 5.10 Å². The van der Waals surface area contributed by atoms with Crippen molar-refractivity contribution in [3.8, 4) is 11.8 Å². The van der Waals surface area contributed by atoms with Crippen LogP contribution < -0.4 is 9.47 Å². The molecule has 1 aliphatic carbocycles. The Labute approximate surface area is 184 Å². The minimum Gasteiger partial charge on any atom is -0.474 e. The topological polar surface area (TPSA) is 68.0 Å². The molecule has 3 aliphatic rings. The number of rotatable bonds is 5. The van der Waals surface area contributed by atoms with Gasteiger partial charge in [-0.2, -0.15) is 14.5 Å². The van der Waals surface area contributed by atoms with E-state index < -0.39 is 0 Å². The Kier molecular flexibility index (Phi) is 6.27. The van der Waals surface area contributed by atoms with Crippen LogP contribution in [-0.2, 0) is 0 Å². The van der Waals surface area contributed by atoms with Crippen LogP contribution in [0.3, 0.4) is 0 Å². The molecular formula is C23H36N6O2. The zero-order valence-corrected chi connectivity index (χ0v) is 19.0. The van der Waals surface area contributed by atoms with Crippen molar-refractivity contribution in [1.29, 1.82) is 0 Å². The van der Waals surface area contributed by atoms with E-state index in [-0.39, 0.29) is 12.2 Å². The third-order valence-corrected chi connectivity index (χ3v) is 7.15. The monoisotopic (exact) mass is 428 g/mol. The van der Waals surface area contributed by atoms with Crippen LogP contribution >= 0.6 is 0 Å². The van der Waals surface area contributed by atoms with Crippen LogP contribution in [0.1, 0.15) is 69.5 Å². The molecule has 8 heteroatoms. The maximum Gasteiger partial charge on any atom is 0.259 e. The van der Waals surface area contributed by atoms with Crippen LogP contribution in [0.2, 0.25) is 0 Å². The highest BCUT2D eigenvalue weighted by atomic mass is 16.5. The summed E-state index contributed by atoms with van der Waals surface area (Å²) in [6.07, 6.45) is 10.7. The van der Waals surface area contributed by atoms with Crippen LogP contribution in [-0.4, -0.2) is 81.9 Å². The molecule has 0 bridgehead atoms. The molecule has 8 nitrogen and oxygen atoms in total. The molecule has 2 aromatic rings. The van der Waals surface area contributed by atoms with Gasteiger partial charge < -0.3 is 19.3 Å². The Morgan fingerprint density at radius 1 is 0.774 bits per heavy atom. The fourth-order valence-corrected chi connectivity index (χ4v) is 5.06. The van der Waals surface area contributed by atoms with Crippen molar-refractivity contribution in [3.63, 3.8) is 0 Å². The molecule has 0 spiro atoms. The Morgan fingerprint density at radius 2 is 1.39 bits per heavy atom. The molecule has 2 saturated heterocycles. The normalized spacial score (nSPS) is 23.4. The van der Waals surface area contributed by atoms with Crippen LogP contribution in [0.5, 0.6) is 11.8 Å². The number of hydrogen-bond donors (Lipinski definition) is 0. The molecule has 4 heterocycles. The number of piperidine rings is 2. The summed E-state index contributed by atoms with van der Waals surface area (Å²) in [6, 6.07) is 1.93. The summed E-state index contributed by atoms with van der Waals surface area (Å²) in [4.78, 5) is 14.3. The quantitative estimate of drug-likeness (QED) is 0.725. The second-order valence-corrected chi connectivity index (χ2v) is 9.69. The van der Waals surface area contributed by atoms with Gasteiger partial charge in [-0.25, -0.2) is 0 Å². The molecule has 2 aromatic heterocycles. The van der Waals surface area contributed by atoms with Crippen molar-refractivity contribution in [2.45, 2.75) is 75.9 Å². The van der Waals surface area contributed by atoms with Crippen molar-refractivity contribution in [3.05, 3.63) is 11.9 Å². The first kappa shape index (κ1) is 20.9. The summed E-state index contributed by atoms with van der Waals surface area (Å²) in [5.74, 6) is 3.29. The van der Waals surface area contributed by atoms with E-state index in [1.165, 1.54) is 32.1 Å². The van der Waals surface area contributed by atoms with Crippen molar-refractivity contribution >= 4 is 5.78 Å². The van der Waals surface area contributed by atoms with E-state index in [0.717, 1.165) is 63.6 Å². The predicted octanol–water partition coefficient (Wildman–Crippen LogP) is 3.12. The summed E-state index contributed by atoms with van der Waals surface area (Å²) < 4.78 is 14.6. The van der Waals surface area contributed by atoms with Crippen LogP contribution in [0, 0.1) is 0 Å². The van der Waals surface area contributed by atoms with E-state index in [2.05, 4.69) is 23.9 Å². The van der Waals surface area contributed by atoms with Crippen molar-refractivity contribution in [1.82, 2.24) is 29.4 Å². The number of fused-ring (bicyclic) bond motifs is 1. The van der Waals surface area contributed by atoms with E-state index in [4.69, 9.17) is 24.5 Å². The van der Waals surface area contributed by atoms with Gasteiger partial charge in [0.05, 0.1) is 6.07 Å². The van der Waals surface area contributed by atoms with Crippen molar-refractivity contribution in [2.24, 2.45) is 0 Å². The fraction of sp³-hybridized carbons (Fsp3) is 0.783. The third-order valence-electron chi connectivity index (χ3n) is 7.15. The third kappa shape index (κ3) is 4.95. The van der Waals surface area contributed by atoms with Crippen LogP contribution in [0.15, 0.2) is 6.07 Å². The minimum absolute atomic E-state index is 0.195. The van der Waals surface area contributed by atoms with E-state index in [9.17, 15) is 0 Å². The summed E-state index contributed by atoms with van der Waals surface area (Å²) in [6.45, 7) is 4.23. The first-order chi connectivity index (χ1) is 15.1. The van der Waals surface area contributed by atoms with E-state index in [1.807, 2.05) is 10.6 Å². The zero-order chi connectivity index (χ0) is 21.2. The molecule has 1 saturated carbocycles. The maximum atomic E-state index is 6.47. The lowest BCUT2D eigenvalue weighted by Gasteiger charge is -2.30. The van der Waals surface area contributed by atoms with E-state index >= 15 is 0 Å². The van der Waals surface area contributed by atoms with Crippen LogP contribution in [0.25, 0.3) is 5.78 Å². The highest BCUT2D eigenvalue weighted by Crippen LogP contribution is 2.32.